The molecule has 0 aliphatic rings. The Morgan fingerprint density at radius 3 is 2.48 bits per heavy atom. The first-order valence-electron chi connectivity index (χ1n) is 6.58. The summed E-state index contributed by atoms with van der Waals surface area (Å²) in [5.41, 5.74) is 2.04. The van der Waals surface area contributed by atoms with Gasteiger partial charge < -0.3 is 20.4 Å². The average molecular weight is 352 g/mol. The minimum absolute atomic E-state index is 0.0818. The minimum Gasteiger partial charge on any atom is -0.477 e. The van der Waals surface area contributed by atoms with Crippen LogP contribution in [0.4, 0.5) is 5.69 Å². The maximum absolute atomic E-state index is 12.3. The van der Waals surface area contributed by atoms with Gasteiger partial charge in [-0.25, -0.2) is 4.79 Å². The van der Waals surface area contributed by atoms with Crippen LogP contribution in [0.2, 0.25) is 10.0 Å². The molecule has 0 atom stereocenters. The topological polar surface area (TPSA) is 98.0 Å². The Kier molecular flexibility index (Phi) is 3.79. The van der Waals surface area contributed by atoms with Gasteiger partial charge in [0.15, 0.2) is 0 Å². The zero-order valence-electron chi connectivity index (χ0n) is 11.8. The Balaban J connectivity index is 1.90. The van der Waals surface area contributed by atoms with Crippen molar-refractivity contribution in [2.75, 3.05) is 5.32 Å². The van der Waals surface area contributed by atoms with Crippen LogP contribution in [0.3, 0.4) is 0 Å². The van der Waals surface area contributed by atoms with Crippen molar-refractivity contribution in [1.29, 1.82) is 0 Å². The van der Waals surface area contributed by atoms with Crippen LogP contribution in [0.5, 0.6) is 0 Å². The van der Waals surface area contributed by atoms with E-state index in [1.54, 1.807) is 25.1 Å². The molecule has 1 amide bonds. The molecule has 0 bridgehead atoms. The molecule has 23 heavy (non-hydrogen) atoms. The highest BCUT2D eigenvalue weighted by molar-refractivity contribution is 6.44. The molecule has 0 fully saturated rings. The minimum atomic E-state index is -1.05. The number of anilines is 1. The lowest BCUT2D eigenvalue weighted by atomic mass is 10.2. The second kappa shape index (κ2) is 5.64. The molecule has 0 saturated heterocycles. The number of hydrogen-bond acceptors (Lipinski definition) is 2. The van der Waals surface area contributed by atoms with Crippen LogP contribution in [0.25, 0.3) is 10.9 Å². The summed E-state index contributed by atoms with van der Waals surface area (Å²) >= 11 is 12.0. The van der Waals surface area contributed by atoms with Crippen LogP contribution in [-0.2, 0) is 0 Å². The Bertz CT molecular complexity index is 943. The third-order valence-electron chi connectivity index (χ3n) is 3.39. The number of carbonyl (C=O) groups is 2. The Morgan fingerprint density at radius 1 is 1.13 bits per heavy atom. The van der Waals surface area contributed by atoms with Crippen LogP contribution in [-0.4, -0.2) is 27.0 Å². The third kappa shape index (κ3) is 2.78. The molecule has 118 valence electrons. The second-order valence-corrected chi connectivity index (χ2v) is 5.75. The molecular formula is C15H11Cl2N3O3. The number of nitrogens with one attached hydrogen (secondary N) is 3. The van der Waals surface area contributed by atoms with Gasteiger partial charge in [0.1, 0.15) is 11.4 Å². The SMILES string of the molecule is Cc1[nH]c(C(=O)Nc2ccc3[nH]c(C(=O)O)cc3c2)c(Cl)c1Cl. The summed E-state index contributed by atoms with van der Waals surface area (Å²) in [6.07, 6.45) is 0. The summed E-state index contributed by atoms with van der Waals surface area (Å²) in [6, 6.07) is 6.51. The number of carbonyl (C=O) groups excluding carboxylic acids is 1. The number of carboxylic acids is 1. The molecule has 3 rings (SSSR count). The van der Waals surface area contributed by atoms with Crippen molar-refractivity contribution in [1.82, 2.24) is 9.97 Å². The van der Waals surface area contributed by atoms with Gasteiger partial charge in [0.25, 0.3) is 5.91 Å². The Morgan fingerprint density at radius 2 is 1.87 bits per heavy atom. The lowest BCUT2D eigenvalue weighted by molar-refractivity contribution is 0.0691. The van der Waals surface area contributed by atoms with Crippen molar-refractivity contribution in [3.05, 3.63) is 51.4 Å². The van der Waals surface area contributed by atoms with Gasteiger partial charge in [0.2, 0.25) is 0 Å². The molecule has 0 spiro atoms. The monoisotopic (exact) mass is 351 g/mol. The predicted molar refractivity (Wildman–Crippen MR) is 88.8 cm³/mol. The predicted octanol–water partition coefficient (Wildman–Crippen LogP) is 4.06. The maximum atomic E-state index is 12.3. The molecule has 0 unspecified atom stereocenters. The Labute approximate surface area is 140 Å². The lowest BCUT2D eigenvalue weighted by Gasteiger charge is -2.04. The first-order valence-corrected chi connectivity index (χ1v) is 7.33. The van der Waals surface area contributed by atoms with Gasteiger partial charge in [-0.1, -0.05) is 23.2 Å². The lowest BCUT2D eigenvalue weighted by Crippen LogP contribution is -2.12. The molecule has 0 saturated carbocycles. The van der Waals surface area contributed by atoms with E-state index in [1.807, 2.05) is 0 Å². The number of aromatic carboxylic acids is 1. The molecule has 0 radical (unpaired) electrons. The maximum Gasteiger partial charge on any atom is 0.352 e. The van der Waals surface area contributed by atoms with Crippen molar-refractivity contribution in [2.45, 2.75) is 6.92 Å². The molecule has 0 aliphatic carbocycles. The van der Waals surface area contributed by atoms with Crippen LogP contribution in [0.1, 0.15) is 26.7 Å². The highest BCUT2D eigenvalue weighted by Gasteiger charge is 2.18. The van der Waals surface area contributed by atoms with E-state index >= 15 is 0 Å². The first-order chi connectivity index (χ1) is 10.9. The number of benzene rings is 1. The largest absolute Gasteiger partial charge is 0.477 e. The summed E-state index contributed by atoms with van der Waals surface area (Å²) < 4.78 is 0. The number of rotatable bonds is 3. The highest BCUT2D eigenvalue weighted by atomic mass is 35.5. The fraction of sp³-hybridized carbons (Fsp3) is 0.0667. The molecule has 1 aromatic carbocycles. The van der Waals surface area contributed by atoms with Crippen LogP contribution in [0.15, 0.2) is 24.3 Å². The fourth-order valence-electron chi connectivity index (χ4n) is 2.25. The third-order valence-corrected chi connectivity index (χ3v) is 4.34. The Hall–Kier alpha value is -2.44. The average Bonchev–Trinajstić information content (AvgIpc) is 3.04. The number of aromatic nitrogens is 2. The quantitative estimate of drug-likeness (QED) is 0.572. The molecule has 2 heterocycles. The summed E-state index contributed by atoms with van der Waals surface area (Å²) in [5, 5.41) is 12.8. The van der Waals surface area contributed by atoms with Gasteiger partial charge in [-0.3, -0.25) is 4.79 Å². The summed E-state index contributed by atoms with van der Waals surface area (Å²) in [5.74, 6) is -1.48. The molecule has 6 nitrogen and oxygen atoms in total. The molecule has 0 aliphatic heterocycles. The first kappa shape index (κ1) is 15.5. The van der Waals surface area contributed by atoms with E-state index in [-0.39, 0.29) is 16.4 Å². The van der Waals surface area contributed by atoms with E-state index in [0.717, 1.165) is 0 Å². The van der Waals surface area contributed by atoms with Crippen molar-refractivity contribution >= 4 is 51.7 Å². The van der Waals surface area contributed by atoms with Crippen LogP contribution < -0.4 is 5.32 Å². The second-order valence-electron chi connectivity index (χ2n) is 5.00. The van der Waals surface area contributed by atoms with Gasteiger partial charge in [0, 0.05) is 22.3 Å². The van der Waals surface area contributed by atoms with E-state index in [1.165, 1.54) is 6.07 Å². The molecular weight excluding hydrogens is 341 g/mol. The zero-order valence-corrected chi connectivity index (χ0v) is 13.3. The highest BCUT2D eigenvalue weighted by Crippen LogP contribution is 2.30. The number of amides is 1. The van der Waals surface area contributed by atoms with Crippen molar-refractivity contribution < 1.29 is 14.7 Å². The van der Waals surface area contributed by atoms with Gasteiger partial charge in [-0.2, -0.15) is 0 Å². The fourth-order valence-corrected chi connectivity index (χ4v) is 2.66. The van der Waals surface area contributed by atoms with E-state index in [9.17, 15) is 9.59 Å². The van der Waals surface area contributed by atoms with E-state index in [0.29, 0.717) is 27.3 Å². The molecule has 3 aromatic rings. The number of aryl methyl sites for hydroxylation is 1. The molecule has 2 aromatic heterocycles. The van der Waals surface area contributed by atoms with E-state index < -0.39 is 11.9 Å². The smallest absolute Gasteiger partial charge is 0.352 e. The standard InChI is InChI=1S/C15H11Cl2N3O3/c1-6-11(16)12(17)13(18-6)14(21)19-8-2-3-9-7(4-8)5-10(20-9)15(22)23/h2-5,18,20H,1H3,(H,19,21)(H,22,23). The van der Waals surface area contributed by atoms with E-state index in [4.69, 9.17) is 28.3 Å². The van der Waals surface area contributed by atoms with Crippen molar-refractivity contribution in [3.63, 3.8) is 0 Å². The number of aromatic amines is 2. The zero-order chi connectivity index (χ0) is 16.7. The number of H-pyrrole nitrogens is 2. The molecule has 8 heteroatoms. The van der Waals surface area contributed by atoms with Gasteiger partial charge in [-0.05, 0) is 31.2 Å². The van der Waals surface area contributed by atoms with Gasteiger partial charge in [0.05, 0.1) is 10.0 Å². The summed E-state index contributed by atoms with van der Waals surface area (Å²) in [6.45, 7) is 1.71. The van der Waals surface area contributed by atoms with E-state index in [2.05, 4.69) is 15.3 Å². The summed E-state index contributed by atoms with van der Waals surface area (Å²) in [4.78, 5) is 28.8. The molecule has 4 N–H and O–H groups in total. The van der Waals surface area contributed by atoms with Gasteiger partial charge in [-0.15, -0.1) is 0 Å². The van der Waals surface area contributed by atoms with Gasteiger partial charge >= 0.3 is 5.97 Å². The summed E-state index contributed by atoms with van der Waals surface area (Å²) in [7, 11) is 0. The van der Waals surface area contributed by atoms with Crippen molar-refractivity contribution in [3.8, 4) is 0 Å². The van der Waals surface area contributed by atoms with Crippen molar-refractivity contribution in [2.24, 2.45) is 0 Å². The number of hydrogen-bond donors (Lipinski definition) is 4. The number of fused-ring (bicyclic) bond motifs is 1. The van der Waals surface area contributed by atoms with Crippen LogP contribution >= 0.6 is 23.2 Å². The number of carboxylic acid groups (broad SMARTS) is 1. The number of halogens is 2. The van der Waals surface area contributed by atoms with Crippen LogP contribution in [0, 0.1) is 6.92 Å². The normalized spacial score (nSPS) is 10.9.